The quantitative estimate of drug-likeness (QED) is 0.599. The molecule has 5 rings (SSSR count). The molecule has 0 spiro atoms. The third-order valence-corrected chi connectivity index (χ3v) is 7.92. The summed E-state index contributed by atoms with van der Waals surface area (Å²) in [5.41, 5.74) is 0.585. The van der Waals surface area contributed by atoms with Crippen LogP contribution in [0.25, 0.3) is 0 Å². The summed E-state index contributed by atoms with van der Waals surface area (Å²) in [4.78, 5) is 28.2. The summed E-state index contributed by atoms with van der Waals surface area (Å²) in [5.74, 6) is 1.11. The number of benzene rings is 1. The van der Waals surface area contributed by atoms with E-state index in [0.717, 1.165) is 51.5 Å². The van der Waals surface area contributed by atoms with Gasteiger partial charge in [-0.25, -0.2) is 9.97 Å². The van der Waals surface area contributed by atoms with Gasteiger partial charge in [0.05, 0.1) is 0 Å². The van der Waals surface area contributed by atoms with Gasteiger partial charge in [-0.15, -0.1) is 4.40 Å². The Hall–Kier alpha value is -3.05. The first-order valence-corrected chi connectivity index (χ1v) is 13.2. The summed E-state index contributed by atoms with van der Waals surface area (Å²) in [7, 11) is -3.70. The monoisotopic (exact) mass is 483 g/mol. The molecule has 1 N–H and O–H groups in total. The van der Waals surface area contributed by atoms with Gasteiger partial charge in [0.2, 0.25) is 11.9 Å². The van der Waals surface area contributed by atoms with Crippen molar-refractivity contribution in [3.05, 3.63) is 48.3 Å². The highest BCUT2D eigenvalue weighted by atomic mass is 32.2. The summed E-state index contributed by atoms with van der Waals surface area (Å²) in [6.07, 6.45) is 5.91. The molecule has 34 heavy (non-hydrogen) atoms. The van der Waals surface area contributed by atoms with Crippen LogP contribution in [0.5, 0.6) is 0 Å². The van der Waals surface area contributed by atoms with Gasteiger partial charge in [-0.1, -0.05) is 12.1 Å². The predicted octanol–water partition coefficient (Wildman–Crippen LogP) is 0.718. The van der Waals surface area contributed by atoms with Crippen molar-refractivity contribution in [3.63, 3.8) is 0 Å². The highest BCUT2D eigenvalue weighted by Gasteiger charge is 2.39. The Morgan fingerprint density at radius 1 is 1.03 bits per heavy atom. The van der Waals surface area contributed by atoms with E-state index in [1.165, 1.54) is 0 Å². The van der Waals surface area contributed by atoms with E-state index in [4.69, 9.17) is 0 Å². The average Bonchev–Trinajstić information content (AvgIpc) is 3.45. The molecule has 2 aromatic rings. The van der Waals surface area contributed by atoms with Crippen molar-refractivity contribution < 1.29 is 13.2 Å². The zero-order valence-electron chi connectivity index (χ0n) is 19.0. The minimum Gasteiger partial charge on any atom is -0.354 e. The molecule has 1 aromatic carbocycles. The van der Waals surface area contributed by atoms with Crippen molar-refractivity contribution in [3.8, 4) is 0 Å². The van der Waals surface area contributed by atoms with E-state index >= 15 is 0 Å². The lowest BCUT2D eigenvalue weighted by Crippen LogP contribution is -2.48. The summed E-state index contributed by atoms with van der Waals surface area (Å²) in [6.45, 7) is 5.78. The number of amidine groups is 1. The molecule has 1 aromatic heterocycles. The summed E-state index contributed by atoms with van der Waals surface area (Å²) in [5, 5.41) is 3.05. The molecule has 2 fully saturated rings. The summed E-state index contributed by atoms with van der Waals surface area (Å²) < 4.78 is 28.9. The number of amides is 1. The number of anilines is 1. The molecular weight excluding hydrogens is 454 g/mol. The molecule has 0 aliphatic carbocycles. The van der Waals surface area contributed by atoms with Crippen molar-refractivity contribution in [1.29, 1.82) is 0 Å². The number of carbonyl (C=O) groups excluding carboxylic acids is 1. The number of hydrogen-bond donors (Lipinski definition) is 1. The lowest BCUT2D eigenvalue weighted by atomic mass is 10.1. The molecule has 2 saturated heterocycles. The highest BCUT2D eigenvalue weighted by Crippen LogP contribution is 2.31. The van der Waals surface area contributed by atoms with Gasteiger partial charge in [0, 0.05) is 57.2 Å². The average molecular weight is 484 g/mol. The maximum atomic E-state index is 12.9. The second kappa shape index (κ2) is 9.67. The molecule has 4 heterocycles. The van der Waals surface area contributed by atoms with Gasteiger partial charge in [0.1, 0.15) is 10.9 Å². The van der Waals surface area contributed by atoms with Crippen LogP contribution in [0.4, 0.5) is 5.95 Å². The van der Waals surface area contributed by atoms with Crippen molar-refractivity contribution in [2.75, 3.05) is 50.7 Å². The minimum atomic E-state index is -3.70. The number of fused-ring (bicyclic) bond motifs is 1. The number of carbonyl (C=O) groups is 1. The Bertz CT molecular complexity index is 1160. The lowest BCUT2D eigenvalue weighted by Gasteiger charge is -2.34. The number of hydrogen-bond acceptors (Lipinski definition) is 8. The largest absolute Gasteiger partial charge is 0.354 e. The Labute approximate surface area is 199 Å². The smallest absolute Gasteiger partial charge is 0.285 e. The van der Waals surface area contributed by atoms with Gasteiger partial charge in [-0.05, 0) is 44.0 Å². The molecule has 3 aliphatic heterocycles. The molecule has 0 bridgehead atoms. The zero-order valence-corrected chi connectivity index (χ0v) is 19.8. The van der Waals surface area contributed by atoms with Crippen molar-refractivity contribution in [1.82, 2.24) is 25.1 Å². The van der Waals surface area contributed by atoms with E-state index in [0.29, 0.717) is 30.9 Å². The Kier molecular flexibility index (Phi) is 6.46. The van der Waals surface area contributed by atoms with E-state index in [1.807, 2.05) is 11.0 Å². The fourth-order valence-electron chi connectivity index (χ4n) is 4.85. The molecule has 0 unspecified atom stereocenters. The van der Waals surface area contributed by atoms with Crippen LogP contribution in [-0.2, 0) is 14.8 Å². The number of nitrogens with zero attached hydrogens (tertiary/aromatic N) is 6. The molecule has 0 saturated carbocycles. The lowest BCUT2D eigenvalue weighted by molar-refractivity contribution is -0.124. The molecular formula is C23H29N7O3S. The van der Waals surface area contributed by atoms with Gasteiger partial charge < -0.3 is 15.1 Å². The molecule has 1 atom stereocenters. The minimum absolute atomic E-state index is 0.0620. The van der Waals surface area contributed by atoms with Crippen LogP contribution >= 0.6 is 0 Å². The van der Waals surface area contributed by atoms with Crippen molar-refractivity contribution in [2.45, 2.75) is 30.2 Å². The van der Waals surface area contributed by atoms with Crippen LogP contribution in [0.15, 0.2) is 52.0 Å². The summed E-state index contributed by atoms with van der Waals surface area (Å²) >= 11 is 0. The second-order valence-corrected chi connectivity index (χ2v) is 10.3. The summed E-state index contributed by atoms with van der Waals surface area (Å²) in [6, 6.07) is 8.25. The van der Waals surface area contributed by atoms with Crippen LogP contribution in [0.1, 0.15) is 24.8 Å². The standard InChI is InChI=1S/C23H29N7O3S/c31-22(24-11-5-12-28-14-16-29(17-15-28)23-25-9-4-10-26-23)19-7-3-13-30(19)21-18-6-1-2-8-20(18)34(32,33)27-21/h1-2,4,6,8-10,19H,3,5,7,11-17H2,(H,24,31)/t19-/m0/s1. The predicted molar refractivity (Wildman–Crippen MR) is 128 cm³/mol. The van der Waals surface area contributed by atoms with Gasteiger partial charge in [0.15, 0.2) is 5.84 Å². The van der Waals surface area contributed by atoms with Crippen molar-refractivity contribution in [2.24, 2.45) is 4.40 Å². The topological polar surface area (TPSA) is 111 Å². The molecule has 0 radical (unpaired) electrons. The SMILES string of the molecule is O=C(NCCCN1CCN(c2ncccn2)CC1)[C@@H]1CCCN1C1=NS(=O)(=O)c2ccccc21. The number of aromatic nitrogens is 2. The van der Waals surface area contributed by atoms with Gasteiger partial charge in [-0.3, -0.25) is 9.69 Å². The van der Waals surface area contributed by atoms with Crippen LogP contribution in [0.3, 0.4) is 0 Å². The van der Waals surface area contributed by atoms with E-state index in [-0.39, 0.29) is 10.8 Å². The Balaban J connectivity index is 1.10. The van der Waals surface area contributed by atoms with E-state index in [2.05, 4.69) is 29.5 Å². The van der Waals surface area contributed by atoms with E-state index in [1.54, 1.807) is 36.7 Å². The number of nitrogens with one attached hydrogen (secondary N) is 1. The first kappa shape index (κ1) is 22.7. The third-order valence-electron chi connectivity index (χ3n) is 6.60. The molecule has 180 valence electrons. The van der Waals surface area contributed by atoms with Crippen LogP contribution in [0, 0.1) is 0 Å². The highest BCUT2D eigenvalue weighted by molar-refractivity contribution is 7.90. The Morgan fingerprint density at radius 2 is 1.79 bits per heavy atom. The number of rotatable bonds is 6. The van der Waals surface area contributed by atoms with Crippen molar-refractivity contribution >= 4 is 27.7 Å². The van der Waals surface area contributed by atoms with Crippen LogP contribution in [0.2, 0.25) is 0 Å². The van der Waals surface area contributed by atoms with Gasteiger partial charge >= 0.3 is 0 Å². The molecule has 11 heteroatoms. The molecule has 10 nitrogen and oxygen atoms in total. The number of likely N-dealkylation sites (tertiary alicyclic amines) is 1. The fraction of sp³-hybridized carbons (Fsp3) is 0.478. The first-order valence-electron chi connectivity index (χ1n) is 11.8. The van der Waals surface area contributed by atoms with E-state index in [9.17, 15) is 13.2 Å². The normalized spacial score (nSPS) is 21.9. The molecule has 1 amide bonds. The number of piperazine rings is 1. The van der Waals surface area contributed by atoms with Crippen LogP contribution < -0.4 is 10.2 Å². The van der Waals surface area contributed by atoms with E-state index < -0.39 is 16.1 Å². The molecule has 3 aliphatic rings. The first-order chi connectivity index (χ1) is 16.5. The van der Waals surface area contributed by atoms with Gasteiger partial charge in [0.25, 0.3) is 10.0 Å². The maximum Gasteiger partial charge on any atom is 0.285 e. The van der Waals surface area contributed by atoms with Gasteiger partial charge in [-0.2, -0.15) is 8.42 Å². The fourth-order valence-corrected chi connectivity index (χ4v) is 6.06. The maximum absolute atomic E-state index is 12.9. The third kappa shape index (κ3) is 4.62. The van der Waals surface area contributed by atoms with Crippen LogP contribution in [-0.4, -0.2) is 91.8 Å². The Morgan fingerprint density at radius 3 is 2.59 bits per heavy atom. The second-order valence-electron chi connectivity index (χ2n) is 8.76. The number of sulfonamides is 1. The zero-order chi connectivity index (χ0) is 23.5.